The van der Waals surface area contributed by atoms with Gasteiger partial charge < -0.3 is 25.6 Å². The Labute approximate surface area is 175 Å². The summed E-state index contributed by atoms with van der Waals surface area (Å²) in [6.07, 6.45) is 2.89. The molecule has 1 fully saturated rings. The van der Waals surface area contributed by atoms with Crippen LogP contribution in [0.15, 0.2) is 42.5 Å². The summed E-state index contributed by atoms with van der Waals surface area (Å²) in [5.74, 6) is -0.627. The van der Waals surface area contributed by atoms with E-state index in [9.17, 15) is 14.0 Å². The van der Waals surface area contributed by atoms with Crippen LogP contribution in [0.5, 0.6) is 0 Å². The molecular weight excluding hydrogens is 387 g/mol. The molecule has 1 aliphatic rings. The number of halogens is 1. The fourth-order valence-electron chi connectivity index (χ4n) is 3.40. The minimum absolute atomic E-state index is 0.192. The van der Waals surface area contributed by atoms with Crippen molar-refractivity contribution in [1.82, 2.24) is 5.32 Å². The third-order valence-corrected chi connectivity index (χ3v) is 4.84. The van der Waals surface area contributed by atoms with E-state index in [1.807, 2.05) is 6.07 Å². The maximum absolute atomic E-state index is 13.3. The van der Waals surface area contributed by atoms with Crippen LogP contribution >= 0.6 is 0 Å². The smallest absolute Gasteiger partial charge is 0.323 e. The van der Waals surface area contributed by atoms with E-state index >= 15 is 0 Å². The van der Waals surface area contributed by atoms with Gasteiger partial charge in [-0.1, -0.05) is 6.07 Å². The van der Waals surface area contributed by atoms with Crippen molar-refractivity contribution in [3.63, 3.8) is 0 Å². The summed E-state index contributed by atoms with van der Waals surface area (Å²) in [6.45, 7) is 2.87. The minimum Gasteiger partial charge on any atom is -0.385 e. The predicted octanol–water partition coefficient (Wildman–Crippen LogP) is 3.84. The Hall–Kier alpha value is -3.13. The molecule has 0 radical (unpaired) electrons. The zero-order chi connectivity index (χ0) is 21.3. The quantitative estimate of drug-likeness (QED) is 0.573. The van der Waals surface area contributed by atoms with Gasteiger partial charge in [0.05, 0.1) is 5.56 Å². The van der Waals surface area contributed by atoms with Gasteiger partial charge in [-0.3, -0.25) is 4.79 Å². The summed E-state index contributed by atoms with van der Waals surface area (Å²) >= 11 is 0. The second-order valence-corrected chi connectivity index (χ2v) is 7.12. The van der Waals surface area contributed by atoms with Gasteiger partial charge in [-0.05, 0) is 55.7 Å². The number of rotatable bonds is 8. The molecular formula is C22H27FN4O3. The van der Waals surface area contributed by atoms with Gasteiger partial charge in [0.25, 0.3) is 5.91 Å². The zero-order valence-electron chi connectivity index (χ0n) is 17.0. The molecule has 3 rings (SSSR count). The Morgan fingerprint density at radius 3 is 2.50 bits per heavy atom. The van der Waals surface area contributed by atoms with Crippen LogP contribution in [0.25, 0.3) is 0 Å². The maximum atomic E-state index is 13.3. The SMILES string of the molecule is COCCCNC(=O)c1cc(NC(=O)Nc2cccc(F)c2)ccc1N1CCCC1. The number of carbonyl (C=O) groups is 2. The first-order valence-corrected chi connectivity index (χ1v) is 10.1. The standard InChI is InChI=1S/C22H27FN4O3/c1-30-13-5-10-24-21(28)19-15-18(8-9-20(19)27-11-2-3-12-27)26-22(29)25-17-7-4-6-16(23)14-17/h4,6-9,14-15H,2-3,5,10-13H2,1H3,(H,24,28)(H2,25,26,29). The number of nitrogens with zero attached hydrogens (tertiary/aromatic N) is 1. The molecule has 160 valence electrons. The number of anilines is 3. The van der Waals surface area contributed by atoms with Crippen molar-refractivity contribution in [1.29, 1.82) is 0 Å². The lowest BCUT2D eigenvalue weighted by molar-refractivity contribution is 0.0949. The molecule has 7 nitrogen and oxygen atoms in total. The number of methoxy groups -OCH3 is 1. The molecule has 3 amide bonds. The highest BCUT2D eigenvalue weighted by molar-refractivity contribution is 6.04. The van der Waals surface area contributed by atoms with E-state index in [2.05, 4.69) is 20.9 Å². The molecule has 0 bridgehead atoms. The highest BCUT2D eigenvalue weighted by Gasteiger charge is 2.20. The van der Waals surface area contributed by atoms with Crippen LogP contribution in [0.2, 0.25) is 0 Å². The number of hydrogen-bond donors (Lipinski definition) is 3. The fraction of sp³-hybridized carbons (Fsp3) is 0.364. The third kappa shape index (κ3) is 5.93. The van der Waals surface area contributed by atoms with Crippen molar-refractivity contribution in [3.8, 4) is 0 Å². The summed E-state index contributed by atoms with van der Waals surface area (Å²) in [6, 6.07) is 10.4. The topological polar surface area (TPSA) is 82.7 Å². The van der Waals surface area contributed by atoms with Crippen LogP contribution in [-0.4, -0.2) is 45.3 Å². The predicted molar refractivity (Wildman–Crippen MR) is 116 cm³/mol. The summed E-state index contributed by atoms with van der Waals surface area (Å²) in [5.41, 5.74) is 2.19. The third-order valence-electron chi connectivity index (χ3n) is 4.84. The zero-order valence-corrected chi connectivity index (χ0v) is 17.0. The Balaban J connectivity index is 1.73. The van der Waals surface area contributed by atoms with Crippen LogP contribution < -0.4 is 20.9 Å². The molecule has 0 saturated carbocycles. The molecule has 0 atom stereocenters. The van der Waals surface area contributed by atoms with Gasteiger partial charge in [-0.2, -0.15) is 0 Å². The van der Waals surface area contributed by atoms with Crippen molar-refractivity contribution >= 4 is 29.0 Å². The van der Waals surface area contributed by atoms with Crippen LogP contribution in [-0.2, 0) is 4.74 Å². The van der Waals surface area contributed by atoms with E-state index in [-0.39, 0.29) is 5.91 Å². The molecule has 1 saturated heterocycles. The van der Waals surface area contributed by atoms with Gasteiger partial charge in [0, 0.05) is 50.4 Å². The van der Waals surface area contributed by atoms with Gasteiger partial charge in [-0.25, -0.2) is 9.18 Å². The van der Waals surface area contributed by atoms with Gasteiger partial charge >= 0.3 is 6.03 Å². The van der Waals surface area contributed by atoms with E-state index in [1.165, 1.54) is 18.2 Å². The minimum atomic E-state index is -0.513. The first kappa shape index (κ1) is 21.6. The number of nitrogens with one attached hydrogen (secondary N) is 3. The first-order chi connectivity index (χ1) is 14.6. The Kier molecular flexibility index (Phi) is 7.62. The van der Waals surface area contributed by atoms with Crippen LogP contribution in [0.1, 0.15) is 29.6 Å². The van der Waals surface area contributed by atoms with Crippen molar-refractivity contribution < 1.29 is 18.7 Å². The number of urea groups is 1. The largest absolute Gasteiger partial charge is 0.385 e. The Bertz CT molecular complexity index is 884. The van der Waals surface area contributed by atoms with E-state index < -0.39 is 11.8 Å². The van der Waals surface area contributed by atoms with Crippen LogP contribution in [0, 0.1) is 5.82 Å². The molecule has 0 spiro atoms. The number of amides is 3. The highest BCUT2D eigenvalue weighted by Crippen LogP contribution is 2.27. The molecule has 8 heteroatoms. The summed E-state index contributed by atoms with van der Waals surface area (Å²) in [4.78, 5) is 27.3. The Morgan fingerprint density at radius 1 is 1.07 bits per heavy atom. The van der Waals surface area contributed by atoms with Crippen molar-refractivity contribution in [2.75, 3.05) is 48.9 Å². The lowest BCUT2D eigenvalue weighted by atomic mass is 10.1. The van der Waals surface area contributed by atoms with Crippen molar-refractivity contribution in [2.24, 2.45) is 0 Å². The summed E-state index contributed by atoms with van der Waals surface area (Å²) in [7, 11) is 1.62. The normalized spacial score (nSPS) is 13.2. The molecule has 3 N–H and O–H groups in total. The van der Waals surface area contributed by atoms with Crippen molar-refractivity contribution in [2.45, 2.75) is 19.3 Å². The van der Waals surface area contributed by atoms with E-state index in [0.717, 1.165) is 38.0 Å². The number of hydrogen-bond acceptors (Lipinski definition) is 4. The molecule has 2 aromatic carbocycles. The molecule has 0 aromatic heterocycles. The molecule has 1 aliphatic heterocycles. The lowest BCUT2D eigenvalue weighted by Crippen LogP contribution is -2.29. The fourth-order valence-corrected chi connectivity index (χ4v) is 3.40. The van der Waals surface area contributed by atoms with E-state index in [1.54, 1.807) is 25.3 Å². The molecule has 1 heterocycles. The number of carbonyl (C=O) groups excluding carboxylic acids is 2. The van der Waals surface area contributed by atoms with Crippen LogP contribution in [0.3, 0.4) is 0 Å². The molecule has 0 aliphatic carbocycles. The molecule has 2 aromatic rings. The summed E-state index contributed by atoms with van der Waals surface area (Å²) in [5, 5.41) is 8.20. The summed E-state index contributed by atoms with van der Waals surface area (Å²) < 4.78 is 18.3. The van der Waals surface area contributed by atoms with Gasteiger partial charge in [0.1, 0.15) is 5.82 Å². The van der Waals surface area contributed by atoms with E-state index in [0.29, 0.717) is 30.1 Å². The second kappa shape index (κ2) is 10.6. The monoisotopic (exact) mass is 414 g/mol. The second-order valence-electron chi connectivity index (χ2n) is 7.12. The Morgan fingerprint density at radius 2 is 1.80 bits per heavy atom. The number of benzene rings is 2. The molecule has 30 heavy (non-hydrogen) atoms. The first-order valence-electron chi connectivity index (χ1n) is 10.1. The highest BCUT2D eigenvalue weighted by atomic mass is 19.1. The number of ether oxygens (including phenoxy) is 1. The van der Waals surface area contributed by atoms with Gasteiger partial charge in [-0.15, -0.1) is 0 Å². The lowest BCUT2D eigenvalue weighted by Gasteiger charge is -2.22. The maximum Gasteiger partial charge on any atom is 0.323 e. The molecule has 0 unspecified atom stereocenters. The van der Waals surface area contributed by atoms with Crippen molar-refractivity contribution in [3.05, 3.63) is 53.8 Å². The van der Waals surface area contributed by atoms with Gasteiger partial charge in [0.15, 0.2) is 0 Å². The van der Waals surface area contributed by atoms with Gasteiger partial charge in [0.2, 0.25) is 0 Å². The average molecular weight is 414 g/mol. The van der Waals surface area contributed by atoms with Crippen LogP contribution in [0.4, 0.5) is 26.2 Å². The van der Waals surface area contributed by atoms with E-state index in [4.69, 9.17) is 4.74 Å². The average Bonchev–Trinajstić information content (AvgIpc) is 3.25.